The molecule has 4 heteroatoms. The Bertz CT molecular complexity index is 642. The molecule has 0 bridgehead atoms. The molecule has 0 spiro atoms. The highest BCUT2D eigenvalue weighted by Crippen LogP contribution is 2.34. The van der Waals surface area contributed by atoms with E-state index in [4.69, 9.17) is 4.74 Å². The van der Waals surface area contributed by atoms with Crippen molar-refractivity contribution >= 4 is 11.4 Å². The lowest BCUT2D eigenvalue weighted by atomic mass is 10.1. The van der Waals surface area contributed by atoms with Gasteiger partial charge in [-0.2, -0.15) is 0 Å². The van der Waals surface area contributed by atoms with Gasteiger partial charge in [-0.3, -0.25) is 0 Å². The fourth-order valence-electron chi connectivity index (χ4n) is 2.77. The van der Waals surface area contributed by atoms with Gasteiger partial charge in [0.1, 0.15) is 0 Å². The molecule has 0 aromatic heterocycles. The van der Waals surface area contributed by atoms with E-state index in [2.05, 4.69) is 41.1 Å². The van der Waals surface area contributed by atoms with Crippen molar-refractivity contribution < 1.29 is 9.84 Å². The first-order valence-electron chi connectivity index (χ1n) is 7.10. The molecular formula is C17H20N2O2. The van der Waals surface area contributed by atoms with Crippen molar-refractivity contribution in [1.82, 2.24) is 0 Å². The molecule has 2 aromatic rings. The van der Waals surface area contributed by atoms with Crippen LogP contribution in [0.4, 0.5) is 11.4 Å². The fraction of sp³-hybridized carbons (Fsp3) is 0.294. The minimum absolute atomic E-state index is 0.181. The number of para-hydroxylation sites is 2. The SMILES string of the molecule is COc1cc(CN2CCN(C)c3ccccc32)ccc1O. The van der Waals surface area contributed by atoms with E-state index in [1.807, 2.05) is 12.1 Å². The Morgan fingerprint density at radius 1 is 1.10 bits per heavy atom. The monoisotopic (exact) mass is 284 g/mol. The van der Waals surface area contributed by atoms with Crippen LogP contribution in [0.3, 0.4) is 0 Å². The van der Waals surface area contributed by atoms with Crippen LogP contribution in [0.2, 0.25) is 0 Å². The molecule has 0 atom stereocenters. The van der Waals surface area contributed by atoms with E-state index < -0.39 is 0 Å². The Hall–Kier alpha value is -2.36. The zero-order valence-corrected chi connectivity index (χ0v) is 12.4. The van der Waals surface area contributed by atoms with Crippen molar-refractivity contribution in [1.29, 1.82) is 0 Å². The standard InChI is InChI=1S/C17H20N2O2/c1-18-9-10-19(15-6-4-3-5-14(15)18)12-13-7-8-16(20)17(11-13)21-2/h3-8,11,20H,9-10,12H2,1-2H3. The van der Waals surface area contributed by atoms with Crippen molar-refractivity contribution in [3.8, 4) is 11.5 Å². The maximum Gasteiger partial charge on any atom is 0.160 e. The van der Waals surface area contributed by atoms with Crippen LogP contribution in [0, 0.1) is 0 Å². The molecule has 0 fully saturated rings. The first-order chi connectivity index (χ1) is 10.2. The lowest BCUT2D eigenvalue weighted by Gasteiger charge is -2.37. The number of methoxy groups -OCH3 is 1. The molecule has 0 unspecified atom stereocenters. The lowest BCUT2D eigenvalue weighted by molar-refractivity contribution is 0.373. The van der Waals surface area contributed by atoms with Crippen molar-refractivity contribution in [3.63, 3.8) is 0 Å². The molecular weight excluding hydrogens is 264 g/mol. The summed E-state index contributed by atoms with van der Waals surface area (Å²) in [5, 5.41) is 9.69. The first-order valence-corrected chi connectivity index (χ1v) is 7.10. The highest BCUT2D eigenvalue weighted by atomic mass is 16.5. The smallest absolute Gasteiger partial charge is 0.160 e. The third-order valence-corrected chi connectivity index (χ3v) is 3.96. The third kappa shape index (κ3) is 2.61. The molecule has 1 aliphatic rings. The van der Waals surface area contributed by atoms with Gasteiger partial charge < -0.3 is 19.6 Å². The van der Waals surface area contributed by atoms with Gasteiger partial charge in [0.05, 0.1) is 18.5 Å². The van der Waals surface area contributed by atoms with Crippen LogP contribution in [0.1, 0.15) is 5.56 Å². The number of likely N-dealkylation sites (N-methyl/N-ethyl adjacent to an activating group) is 1. The van der Waals surface area contributed by atoms with Gasteiger partial charge in [-0.1, -0.05) is 18.2 Å². The molecule has 0 saturated heterocycles. The number of benzene rings is 2. The van der Waals surface area contributed by atoms with Crippen LogP contribution in [0.5, 0.6) is 11.5 Å². The number of nitrogens with zero attached hydrogens (tertiary/aromatic N) is 2. The van der Waals surface area contributed by atoms with Gasteiger partial charge in [0.15, 0.2) is 11.5 Å². The van der Waals surface area contributed by atoms with Gasteiger partial charge in [-0.25, -0.2) is 0 Å². The molecule has 0 radical (unpaired) electrons. The summed E-state index contributed by atoms with van der Waals surface area (Å²) in [6.45, 7) is 2.80. The number of phenols is 1. The van der Waals surface area contributed by atoms with Crippen molar-refractivity contribution in [3.05, 3.63) is 48.0 Å². The molecule has 0 aliphatic carbocycles. The van der Waals surface area contributed by atoms with Crippen LogP contribution in [0.15, 0.2) is 42.5 Å². The maximum absolute atomic E-state index is 9.69. The van der Waals surface area contributed by atoms with Crippen molar-refractivity contribution in [2.45, 2.75) is 6.54 Å². The molecule has 3 rings (SSSR count). The van der Waals surface area contributed by atoms with Gasteiger partial charge >= 0.3 is 0 Å². The molecule has 1 N–H and O–H groups in total. The van der Waals surface area contributed by atoms with Gasteiger partial charge in [-0.15, -0.1) is 0 Å². The quantitative estimate of drug-likeness (QED) is 0.940. The minimum Gasteiger partial charge on any atom is -0.504 e. The number of hydrogen-bond donors (Lipinski definition) is 1. The summed E-state index contributed by atoms with van der Waals surface area (Å²) in [4.78, 5) is 4.64. The van der Waals surface area contributed by atoms with E-state index in [1.54, 1.807) is 13.2 Å². The number of phenolic OH excluding ortho intramolecular Hbond substituents is 1. The number of hydrogen-bond acceptors (Lipinski definition) is 4. The number of rotatable bonds is 3. The van der Waals surface area contributed by atoms with Gasteiger partial charge in [0.25, 0.3) is 0 Å². The zero-order valence-electron chi connectivity index (χ0n) is 12.4. The highest BCUT2D eigenvalue weighted by Gasteiger charge is 2.20. The minimum atomic E-state index is 0.181. The summed E-state index contributed by atoms with van der Waals surface area (Å²) in [7, 11) is 3.70. The Morgan fingerprint density at radius 3 is 2.62 bits per heavy atom. The third-order valence-electron chi connectivity index (χ3n) is 3.96. The average molecular weight is 284 g/mol. The Kier molecular flexibility index (Phi) is 3.60. The molecule has 110 valence electrons. The van der Waals surface area contributed by atoms with E-state index in [9.17, 15) is 5.11 Å². The van der Waals surface area contributed by atoms with E-state index in [1.165, 1.54) is 11.4 Å². The second kappa shape index (κ2) is 5.56. The van der Waals surface area contributed by atoms with Crippen LogP contribution < -0.4 is 14.5 Å². The van der Waals surface area contributed by atoms with Crippen LogP contribution >= 0.6 is 0 Å². The average Bonchev–Trinajstić information content (AvgIpc) is 2.52. The van der Waals surface area contributed by atoms with Crippen LogP contribution in [-0.4, -0.2) is 32.4 Å². The zero-order chi connectivity index (χ0) is 14.8. The van der Waals surface area contributed by atoms with Gasteiger partial charge in [0.2, 0.25) is 0 Å². The molecule has 4 nitrogen and oxygen atoms in total. The summed E-state index contributed by atoms with van der Waals surface area (Å²) >= 11 is 0. The second-order valence-electron chi connectivity index (χ2n) is 5.34. The van der Waals surface area contributed by atoms with Crippen LogP contribution in [0.25, 0.3) is 0 Å². The highest BCUT2D eigenvalue weighted by molar-refractivity contribution is 5.73. The normalized spacial score (nSPS) is 14.0. The molecule has 0 amide bonds. The number of fused-ring (bicyclic) bond motifs is 1. The van der Waals surface area contributed by atoms with Gasteiger partial charge in [0, 0.05) is 26.7 Å². The maximum atomic E-state index is 9.69. The fourth-order valence-corrected chi connectivity index (χ4v) is 2.77. The van der Waals surface area contributed by atoms with E-state index in [0.29, 0.717) is 5.75 Å². The first kappa shape index (κ1) is 13.6. The number of anilines is 2. The lowest BCUT2D eigenvalue weighted by Crippen LogP contribution is -2.38. The molecule has 1 heterocycles. The Balaban J connectivity index is 1.87. The molecule has 0 saturated carbocycles. The van der Waals surface area contributed by atoms with Crippen molar-refractivity contribution in [2.24, 2.45) is 0 Å². The topological polar surface area (TPSA) is 35.9 Å². The molecule has 1 aliphatic heterocycles. The molecule has 21 heavy (non-hydrogen) atoms. The predicted molar refractivity (Wildman–Crippen MR) is 85.4 cm³/mol. The van der Waals surface area contributed by atoms with Gasteiger partial charge in [-0.05, 0) is 29.8 Å². The van der Waals surface area contributed by atoms with Crippen molar-refractivity contribution in [2.75, 3.05) is 37.0 Å². The Morgan fingerprint density at radius 2 is 1.86 bits per heavy atom. The summed E-state index contributed by atoms with van der Waals surface area (Å²) in [6.07, 6.45) is 0. The van der Waals surface area contributed by atoms with Crippen LogP contribution in [-0.2, 0) is 6.54 Å². The number of aromatic hydroxyl groups is 1. The Labute approximate surface area is 125 Å². The summed E-state index contributed by atoms with van der Waals surface area (Å²) < 4.78 is 5.18. The summed E-state index contributed by atoms with van der Waals surface area (Å²) in [5.74, 6) is 0.704. The molecule has 2 aromatic carbocycles. The predicted octanol–water partition coefficient (Wildman–Crippen LogP) is 2.86. The van der Waals surface area contributed by atoms with E-state index in [-0.39, 0.29) is 5.75 Å². The largest absolute Gasteiger partial charge is 0.504 e. The number of ether oxygens (including phenoxy) is 1. The summed E-state index contributed by atoms with van der Waals surface area (Å²) in [5.41, 5.74) is 3.64. The second-order valence-corrected chi connectivity index (χ2v) is 5.34. The van der Waals surface area contributed by atoms with E-state index >= 15 is 0 Å². The van der Waals surface area contributed by atoms with E-state index in [0.717, 1.165) is 25.2 Å². The summed E-state index contributed by atoms with van der Waals surface area (Å²) in [6, 6.07) is 14.0.